The van der Waals surface area contributed by atoms with Crippen molar-refractivity contribution in [1.29, 1.82) is 0 Å². The Balaban J connectivity index is 5.25. The van der Waals surface area contributed by atoms with Gasteiger partial charge in [-0.15, -0.1) is 0 Å². The van der Waals surface area contributed by atoms with Gasteiger partial charge in [0.2, 0.25) is 0 Å². The number of phosphoric ester groups is 2. The van der Waals surface area contributed by atoms with Crippen LogP contribution in [0.1, 0.15) is 350 Å². The largest absolute Gasteiger partial charge is 0.472 e. The molecule has 0 bridgehead atoms. The lowest BCUT2D eigenvalue weighted by Crippen LogP contribution is -2.30. The minimum absolute atomic E-state index is 0.102. The Labute approximate surface area is 543 Å². The second kappa shape index (κ2) is 61.0. The highest BCUT2D eigenvalue weighted by Gasteiger charge is 2.30. The lowest BCUT2D eigenvalue weighted by molar-refractivity contribution is -0.161. The number of hydrogen-bond donors (Lipinski definition) is 3. The van der Waals surface area contributed by atoms with Gasteiger partial charge >= 0.3 is 39.5 Å². The summed E-state index contributed by atoms with van der Waals surface area (Å²) in [4.78, 5) is 72.5. The number of phosphoric acid groups is 2. The molecule has 4 unspecified atom stereocenters. The van der Waals surface area contributed by atoms with Crippen molar-refractivity contribution in [2.45, 2.75) is 369 Å². The van der Waals surface area contributed by atoms with Crippen molar-refractivity contribution in [3.05, 3.63) is 0 Å². The minimum atomic E-state index is -4.95. The maximum atomic E-state index is 13.0. The molecule has 0 saturated carbocycles. The monoisotopic (exact) mass is 1310 g/mol. The number of ether oxygens (including phenoxy) is 4. The van der Waals surface area contributed by atoms with E-state index in [4.69, 9.17) is 37.0 Å². The first-order valence-electron chi connectivity index (χ1n) is 36.4. The van der Waals surface area contributed by atoms with Gasteiger partial charge in [0.05, 0.1) is 26.4 Å². The van der Waals surface area contributed by atoms with Crippen LogP contribution in [0.25, 0.3) is 0 Å². The number of esters is 4. The van der Waals surface area contributed by atoms with Crippen LogP contribution in [0.5, 0.6) is 0 Å². The third-order valence-corrected chi connectivity index (χ3v) is 18.8. The van der Waals surface area contributed by atoms with E-state index in [1.165, 1.54) is 154 Å². The first-order valence-corrected chi connectivity index (χ1v) is 39.4. The average Bonchev–Trinajstić information content (AvgIpc) is 3.67. The predicted octanol–water partition coefficient (Wildman–Crippen LogP) is 19.8. The van der Waals surface area contributed by atoms with E-state index >= 15 is 0 Å². The van der Waals surface area contributed by atoms with Crippen molar-refractivity contribution >= 4 is 39.5 Å². The number of hydrogen-bond acceptors (Lipinski definition) is 15. The summed E-state index contributed by atoms with van der Waals surface area (Å²) in [7, 11) is -9.90. The zero-order chi connectivity index (χ0) is 65.9. The predicted molar refractivity (Wildman–Crippen MR) is 358 cm³/mol. The van der Waals surface area contributed by atoms with E-state index in [-0.39, 0.29) is 25.7 Å². The molecular formula is C70H136O17P2. The summed E-state index contributed by atoms with van der Waals surface area (Å²) in [5.41, 5.74) is 0. The molecule has 0 aromatic heterocycles. The maximum Gasteiger partial charge on any atom is 0.472 e. The molecule has 3 N–H and O–H groups in total. The second-order valence-electron chi connectivity index (χ2n) is 26.2. The molecule has 17 nitrogen and oxygen atoms in total. The Morgan fingerprint density at radius 3 is 0.854 bits per heavy atom. The SMILES string of the molecule is CCCCCCCCCCCCCCCCCCC(=O)O[C@H](COC(=O)CCCCCCCCCCCCC(C)C)COP(=O)(O)OC[C@@H](O)COP(=O)(O)OC[C@@H](COC(=O)CCCCCCCCC(C)CC)OC(=O)CCCCCCCCC(C)CC. The van der Waals surface area contributed by atoms with Gasteiger partial charge in [-0.3, -0.25) is 37.3 Å². The Morgan fingerprint density at radius 2 is 0.573 bits per heavy atom. The topological polar surface area (TPSA) is 237 Å². The van der Waals surface area contributed by atoms with Gasteiger partial charge in [-0.25, -0.2) is 9.13 Å². The third kappa shape index (κ3) is 62.0. The lowest BCUT2D eigenvalue weighted by Gasteiger charge is -2.21. The van der Waals surface area contributed by atoms with Crippen LogP contribution in [0.15, 0.2) is 0 Å². The molecule has 0 heterocycles. The first-order chi connectivity index (χ1) is 42.8. The van der Waals surface area contributed by atoms with Crippen LogP contribution in [-0.2, 0) is 65.4 Å². The van der Waals surface area contributed by atoms with Crippen LogP contribution in [0.3, 0.4) is 0 Å². The van der Waals surface area contributed by atoms with Gasteiger partial charge in [0.1, 0.15) is 19.3 Å². The highest BCUT2D eigenvalue weighted by molar-refractivity contribution is 7.47. The van der Waals surface area contributed by atoms with Gasteiger partial charge in [-0.05, 0) is 43.4 Å². The fraction of sp³-hybridized carbons (Fsp3) is 0.943. The van der Waals surface area contributed by atoms with Gasteiger partial charge < -0.3 is 33.8 Å². The summed E-state index contributed by atoms with van der Waals surface area (Å²) in [6, 6.07) is 0. The Hall–Kier alpha value is -1.94. The highest BCUT2D eigenvalue weighted by atomic mass is 31.2. The Kier molecular flexibility index (Phi) is 59.6. The molecule has 0 aliphatic carbocycles. The van der Waals surface area contributed by atoms with Crippen molar-refractivity contribution < 1.29 is 80.2 Å². The second-order valence-corrected chi connectivity index (χ2v) is 29.1. The molecule has 0 radical (unpaired) electrons. The molecule has 0 fully saturated rings. The molecule has 0 aliphatic rings. The van der Waals surface area contributed by atoms with E-state index in [1.54, 1.807) is 0 Å². The highest BCUT2D eigenvalue weighted by Crippen LogP contribution is 2.45. The maximum absolute atomic E-state index is 13.0. The molecule has 0 rings (SSSR count). The average molecular weight is 1310 g/mol. The Bertz CT molecular complexity index is 1750. The van der Waals surface area contributed by atoms with E-state index in [0.717, 1.165) is 114 Å². The van der Waals surface area contributed by atoms with Gasteiger partial charge in [-0.2, -0.15) is 0 Å². The molecule has 0 aliphatic heterocycles. The molecule has 89 heavy (non-hydrogen) atoms. The van der Waals surface area contributed by atoms with Crippen LogP contribution in [-0.4, -0.2) is 96.7 Å². The smallest absolute Gasteiger partial charge is 0.462 e. The summed E-state index contributed by atoms with van der Waals surface area (Å²) in [5.74, 6) is 0.0800. The molecular weight excluding hydrogens is 1170 g/mol. The van der Waals surface area contributed by atoms with Gasteiger partial charge in [0, 0.05) is 25.7 Å². The fourth-order valence-corrected chi connectivity index (χ4v) is 12.1. The fourth-order valence-electron chi connectivity index (χ4n) is 10.5. The first kappa shape index (κ1) is 87.1. The molecule has 0 saturated heterocycles. The van der Waals surface area contributed by atoms with Crippen molar-refractivity contribution in [2.75, 3.05) is 39.6 Å². The molecule has 7 atom stereocenters. The normalized spacial score (nSPS) is 14.8. The summed E-state index contributed by atoms with van der Waals surface area (Å²) in [5, 5.41) is 10.6. The number of rotatable bonds is 68. The Morgan fingerprint density at radius 1 is 0.326 bits per heavy atom. The summed E-state index contributed by atoms with van der Waals surface area (Å²) >= 11 is 0. The van der Waals surface area contributed by atoms with E-state index in [1.807, 2.05) is 0 Å². The summed E-state index contributed by atoms with van der Waals surface area (Å²) < 4.78 is 68.3. The zero-order valence-corrected chi connectivity index (χ0v) is 59.7. The minimum Gasteiger partial charge on any atom is -0.462 e. The van der Waals surface area contributed by atoms with E-state index < -0.39 is 97.5 Å². The molecule has 528 valence electrons. The van der Waals surface area contributed by atoms with Gasteiger partial charge in [0.25, 0.3) is 0 Å². The quantitative estimate of drug-likeness (QED) is 0.0222. The molecule has 0 amide bonds. The van der Waals surface area contributed by atoms with E-state index in [2.05, 4.69) is 48.5 Å². The van der Waals surface area contributed by atoms with Crippen LogP contribution in [0, 0.1) is 17.8 Å². The standard InChI is InChI=1S/C70H136O17P2/c1-8-11-12-13-14-15-16-17-18-19-20-21-26-29-39-46-53-69(74)86-65(57-80-67(72)51-44-37-28-25-23-22-24-27-34-41-48-61(4)5)59-84-88(76,77)82-55-64(71)56-83-89(78,79)85-60-66(87-70(75)54-47-40-33-31-36-43-50-63(7)10-3)58-81-68(73)52-45-38-32-30-35-42-49-62(6)9-2/h61-66,71H,8-60H2,1-7H3,(H,76,77)(H,78,79)/t62?,63?,64-,65-,66-/m1/s1. The van der Waals surface area contributed by atoms with Gasteiger partial charge in [0.15, 0.2) is 12.2 Å². The van der Waals surface area contributed by atoms with Crippen LogP contribution in [0.4, 0.5) is 0 Å². The number of carbonyl (C=O) groups excluding carboxylic acids is 4. The van der Waals surface area contributed by atoms with E-state index in [9.17, 15) is 43.2 Å². The van der Waals surface area contributed by atoms with Crippen molar-refractivity contribution in [1.82, 2.24) is 0 Å². The molecule has 0 aromatic carbocycles. The number of carbonyl (C=O) groups is 4. The summed E-state index contributed by atoms with van der Waals surface area (Å²) in [6.07, 6.45) is 44.5. The molecule has 0 aromatic rings. The van der Waals surface area contributed by atoms with Crippen molar-refractivity contribution in [3.8, 4) is 0 Å². The van der Waals surface area contributed by atoms with Crippen LogP contribution >= 0.6 is 15.6 Å². The number of aliphatic hydroxyl groups is 1. The van der Waals surface area contributed by atoms with Crippen LogP contribution in [0.2, 0.25) is 0 Å². The van der Waals surface area contributed by atoms with Crippen molar-refractivity contribution in [3.63, 3.8) is 0 Å². The van der Waals surface area contributed by atoms with Gasteiger partial charge in [-0.1, -0.05) is 299 Å². The van der Waals surface area contributed by atoms with E-state index in [0.29, 0.717) is 25.7 Å². The van der Waals surface area contributed by atoms with Crippen LogP contribution < -0.4 is 0 Å². The van der Waals surface area contributed by atoms with Crippen molar-refractivity contribution in [2.24, 2.45) is 17.8 Å². The zero-order valence-electron chi connectivity index (χ0n) is 57.9. The third-order valence-electron chi connectivity index (χ3n) is 16.9. The lowest BCUT2D eigenvalue weighted by atomic mass is 10.00. The number of unbranched alkanes of at least 4 members (excludes halogenated alkanes) is 34. The molecule has 19 heteroatoms. The summed E-state index contributed by atoms with van der Waals surface area (Å²) in [6.45, 7) is 11.8. The number of aliphatic hydroxyl groups excluding tert-OH is 1. The molecule has 0 spiro atoms.